The largest absolute Gasteiger partial charge is 0.416 e. The molecule has 0 aromatic heterocycles. The van der Waals surface area contributed by atoms with Gasteiger partial charge in [-0.2, -0.15) is 13.2 Å². The van der Waals surface area contributed by atoms with Crippen LogP contribution in [0.15, 0.2) is 22.7 Å². The molecule has 0 saturated carbocycles. The quantitative estimate of drug-likeness (QED) is 0.837. The summed E-state index contributed by atoms with van der Waals surface area (Å²) in [5.74, 6) is 0. The molecule has 1 N–H and O–H groups in total. The van der Waals surface area contributed by atoms with Gasteiger partial charge in [0.2, 0.25) is 0 Å². The van der Waals surface area contributed by atoms with Crippen LogP contribution in [0.1, 0.15) is 18.1 Å². The van der Waals surface area contributed by atoms with Crippen LogP contribution in [0.3, 0.4) is 0 Å². The zero-order chi connectivity index (χ0) is 12.2. The lowest BCUT2D eigenvalue weighted by Gasteiger charge is -2.10. The van der Waals surface area contributed by atoms with Gasteiger partial charge < -0.3 is 5.32 Å². The third kappa shape index (κ3) is 3.79. The second-order valence-electron chi connectivity index (χ2n) is 3.41. The molecule has 1 nitrogen and oxygen atoms in total. The van der Waals surface area contributed by atoms with Crippen molar-refractivity contribution in [3.63, 3.8) is 0 Å². The van der Waals surface area contributed by atoms with Crippen molar-refractivity contribution in [1.82, 2.24) is 5.32 Å². The summed E-state index contributed by atoms with van der Waals surface area (Å²) in [6, 6.07) is 3.73. The molecule has 0 aliphatic carbocycles. The van der Waals surface area contributed by atoms with E-state index in [4.69, 9.17) is 0 Å². The number of nitrogens with one attached hydrogen (secondary N) is 1. The molecule has 0 heterocycles. The fourth-order valence-corrected chi connectivity index (χ4v) is 1.79. The minimum atomic E-state index is -4.27. The van der Waals surface area contributed by atoms with Gasteiger partial charge in [0.15, 0.2) is 0 Å². The Morgan fingerprint density at radius 2 is 2.00 bits per heavy atom. The summed E-state index contributed by atoms with van der Waals surface area (Å²) in [7, 11) is 0. The number of hydrogen-bond donors (Lipinski definition) is 1. The monoisotopic (exact) mass is 295 g/mol. The molecule has 1 aromatic carbocycles. The van der Waals surface area contributed by atoms with E-state index >= 15 is 0 Å². The lowest BCUT2D eigenvalue weighted by Crippen LogP contribution is -2.16. The van der Waals surface area contributed by atoms with Crippen molar-refractivity contribution >= 4 is 15.9 Å². The highest BCUT2D eigenvalue weighted by Crippen LogP contribution is 2.31. The van der Waals surface area contributed by atoms with Gasteiger partial charge in [0, 0.05) is 4.47 Å². The van der Waals surface area contributed by atoms with Crippen LogP contribution in [-0.4, -0.2) is 13.1 Å². The molecule has 0 amide bonds. The molecule has 0 radical (unpaired) electrons. The first-order valence-electron chi connectivity index (χ1n) is 5.01. The first-order valence-corrected chi connectivity index (χ1v) is 5.80. The Kier molecular flexibility index (Phi) is 4.80. The van der Waals surface area contributed by atoms with E-state index in [9.17, 15) is 13.2 Å². The number of hydrogen-bond acceptors (Lipinski definition) is 1. The third-order valence-corrected chi connectivity index (χ3v) is 2.97. The molecule has 0 aliphatic heterocycles. The molecule has 5 heteroatoms. The molecule has 0 spiro atoms. The zero-order valence-corrected chi connectivity index (χ0v) is 10.5. The van der Waals surface area contributed by atoms with Gasteiger partial charge in [0.05, 0.1) is 5.56 Å². The van der Waals surface area contributed by atoms with Crippen molar-refractivity contribution < 1.29 is 13.2 Å². The van der Waals surface area contributed by atoms with Crippen LogP contribution in [0.5, 0.6) is 0 Å². The fraction of sp³-hybridized carbons (Fsp3) is 0.455. The molecule has 1 aromatic rings. The fourth-order valence-electron chi connectivity index (χ4n) is 1.34. The summed E-state index contributed by atoms with van der Waals surface area (Å²) < 4.78 is 38.1. The summed E-state index contributed by atoms with van der Waals surface area (Å²) in [6.07, 6.45) is -3.69. The van der Waals surface area contributed by atoms with Gasteiger partial charge in [-0.1, -0.05) is 22.9 Å². The molecule has 0 atom stereocenters. The van der Waals surface area contributed by atoms with E-state index < -0.39 is 11.7 Å². The molecule has 0 unspecified atom stereocenters. The SMILES string of the molecule is CCNCCc1cc(C(F)(F)F)ccc1Br. The maximum Gasteiger partial charge on any atom is 0.416 e. The number of rotatable bonds is 4. The van der Waals surface area contributed by atoms with Gasteiger partial charge in [-0.15, -0.1) is 0 Å². The maximum absolute atomic E-state index is 12.5. The highest BCUT2D eigenvalue weighted by Gasteiger charge is 2.30. The van der Waals surface area contributed by atoms with Crippen molar-refractivity contribution in [3.05, 3.63) is 33.8 Å². The van der Waals surface area contributed by atoms with Crippen LogP contribution in [0, 0.1) is 0 Å². The smallest absolute Gasteiger partial charge is 0.317 e. The summed E-state index contributed by atoms with van der Waals surface area (Å²) in [6.45, 7) is 3.45. The standard InChI is InChI=1S/C11H13BrF3N/c1-2-16-6-5-8-7-9(11(13,14)15)3-4-10(8)12/h3-4,7,16H,2,5-6H2,1H3. The number of halogens is 4. The van der Waals surface area contributed by atoms with E-state index in [1.807, 2.05) is 6.92 Å². The van der Waals surface area contributed by atoms with E-state index in [0.717, 1.165) is 17.1 Å². The van der Waals surface area contributed by atoms with Gasteiger partial charge in [-0.3, -0.25) is 0 Å². The van der Waals surface area contributed by atoms with Crippen molar-refractivity contribution in [2.45, 2.75) is 19.5 Å². The van der Waals surface area contributed by atoms with Gasteiger partial charge in [0.1, 0.15) is 0 Å². The van der Waals surface area contributed by atoms with Crippen molar-refractivity contribution in [2.75, 3.05) is 13.1 Å². The van der Waals surface area contributed by atoms with Crippen LogP contribution in [-0.2, 0) is 12.6 Å². The topological polar surface area (TPSA) is 12.0 Å². The van der Waals surface area contributed by atoms with Crippen LogP contribution < -0.4 is 5.32 Å². The Hall–Kier alpha value is -0.550. The molecule has 0 aliphatic rings. The van der Waals surface area contributed by atoms with Crippen molar-refractivity contribution in [1.29, 1.82) is 0 Å². The maximum atomic E-state index is 12.5. The van der Waals surface area contributed by atoms with Crippen LogP contribution in [0.4, 0.5) is 13.2 Å². The van der Waals surface area contributed by atoms with Crippen molar-refractivity contribution in [2.24, 2.45) is 0 Å². The minimum absolute atomic E-state index is 0.582. The molecule has 0 bridgehead atoms. The molecule has 1 rings (SSSR count). The Labute approximate surface area is 101 Å². The molecule has 0 fully saturated rings. The molecule has 16 heavy (non-hydrogen) atoms. The predicted molar refractivity (Wildman–Crippen MR) is 61.4 cm³/mol. The zero-order valence-electron chi connectivity index (χ0n) is 8.87. The van der Waals surface area contributed by atoms with E-state index in [-0.39, 0.29) is 0 Å². The predicted octanol–water partition coefficient (Wildman–Crippen LogP) is 3.62. The highest BCUT2D eigenvalue weighted by molar-refractivity contribution is 9.10. The van der Waals surface area contributed by atoms with Crippen molar-refractivity contribution in [3.8, 4) is 0 Å². The Bertz CT molecular complexity index is 350. The third-order valence-electron chi connectivity index (χ3n) is 2.19. The highest BCUT2D eigenvalue weighted by atomic mass is 79.9. The number of benzene rings is 1. The van der Waals surface area contributed by atoms with E-state index in [1.165, 1.54) is 12.1 Å². The van der Waals surface area contributed by atoms with Crippen LogP contribution in [0.25, 0.3) is 0 Å². The Morgan fingerprint density at radius 3 is 2.56 bits per heavy atom. The van der Waals surface area contributed by atoms with E-state index in [0.29, 0.717) is 18.5 Å². The van der Waals surface area contributed by atoms with Crippen LogP contribution in [0.2, 0.25) is 0 Å². The molecule has 0 saturated heterocycles. The normalized spacial score (nSPS) is 11.8. The van der Waals surface area contributed by atoms with Crippen LogP contribution >= 0.6 is 15.9 Å². The first kappa shape index (κ1) is 13.5. The summed E-state index contributed by atoms with van der Waals surface area (Å²) in [5, 5.41) is 3.08. The Balaban J connectivity index is 2.83. The number of likely N-dealkylation sites (N-methyl/N-ethyl adjacent to an activating group) is 1. The first-order chi connectivity index (χ1) is 7.45. The molecule has 90 valence electrons. The minimum Gasteiger partial charge on any atom is -0.317 e. The Morgan fingerprint density at radius 1 is 1.31 bits per heavy atom. The van der Waals surface area contributed by atoms with Gasteiger partial charge in [0.25, 0.3) is 0 Å². The lowest BCUT2D eigenvalue weighted by molar-refractivity contribution is -0.137. The second-order valence-corrected chi connectivity index (χ2v) is 4.26. The number of alkyl halides is 3. The van der Waals surface area contributed by atoms with E-state index in [2.05, 4.69) is 21.2 Å². The average Bonchev–Trinajstić information content (AvgIpc) is 2.19. The summed E-state index contributed by atoms with van der Waals surface area (Å²) >= 11 is 3.25. The summed E-state index contributed by atoms with van der Waals surface area (Å²) in [5.41, 5.74) is 0.0815. The molecular weight excluding hydrogens is 283 g/mol. The summed E-state index contributed by atoms with van der Waals surface area (Å²) in [4.78, 5) is 0. The second kappa shape index (κ2) is 5.68. The van der Waals surface area contributed by atoms with E-state index in [1.54, 1.807) is 0 Å². The van der Waals surface area contributed by atoms with Gasteiger partial charge in [-0.05, 0) is 43.3 Å². The molecular formula is C11H13BrF3N. The average molecular weight is 296 g/mol. The van der Waals surface area contributed by atoms with Gasteiger partial charge in [-0.25, -0.2) is 0 Å². The lowest BCUT2D eigenvalue weighted by atomic mass is 10.1. The van der Waals surface area contributed by atoms with Gasteiger partial charge >= 0.3 is 6.18 Å².